The molecule has 0 aliphatic rings. The van der Waals surface area contributed by atoms with Crippen molar-refractivity contribution < 1.29 is 0 Å². The second-order valence-corrected chi connectivity index (χ2v) is 15.6. The van der Waals surface area contributed by atoms with E-state index in [0.717, 1.165) is 113 Å². The quantitative estimate of drug-likeness (QED) is 0.0881. The van der Waals surface area contributed by atoms with Gasteiger partial charge in [0.25, 0.3) is 0 Å². The van der Waals surface area contributed by atoms with E-state index in [1.54, 1.807) is 0 Å². The van der Waals surface area contributed by atoms with Crippen LogP contribution in [0.15, 0.2) is 178 Å². The Bertz CT molecular complexity index is 2650. The Balaban J connectivity index is 1.14. The van der Waals surface area contributed by atoms with E-state index in [2.05, 4.69) is 129 Å². The smallest absolute Gasteiger partial charge is 0.0630 e. The zero-order valence-corrected chi connectivity index (χ0v) is 35.1. The van der Waals surface area contributed by atoms with Crippen LogP contribution in [0, 0.1) is 27.7 Å². The molecule has 4 aromatic heterocycles. The Morgan fingerprint density at radius 2 is 0.484 bits per heavy atom. The Kier molecular flexibility index (Phi) is 11.2. The van der Waals surface area contributed by atoms with Gasteiger partial charge in [0.15, 0.2) is 0 Å². The molecule has 4 N–H and O–H groups in total. The summed E-state index contributed by atoms with van der Waals surface area (Å²) in [5, 5.41) is 0. The van der Waals surface area contributed by atoms with Crippen molar-refractivity contribution in [2.45, 2.75) is 27.7 Å². The third-order valence-electron chi connectivity index (χ3n) is 10.7. The van der Waals surface area contributed by atoms with Crippen molar-refractivity contribution in [2.24, 2.45) is 20.0 Å². The average Bonchev–Trinajstić information content (AvgIpc) is 4.13. The fourth-order valence-electron chi connectivity index (χ4n) is 7.44. The highest BCUT2D eigenvalue weighted by Crippen LogP contribution is 2.43. The summed E-state index contributed by atoms with van der Waals surface area (Å²) in [6, 6.07) is 54.8. The monoisotopic (exact) mass is 806 g/mol. The minimum absolute atomic E-state index is 0.874. The first-order valence-corrected chi connectivity index (χ1v) is 20.7. The summed E-state index contributed by atoms with van der Waals surface area (Å²) in [4.78, 5) is 32.4. The van der Waals surface area contributed by atoms with Crippen LogP contribution in [-0.2, 0) is 0 Å². The maximum absolute atomic E-state index is 4.76. The SMILES string of the molecule is Cc1ccc(C=Nc2ccc(-c3cc(-c4ccc(N=Cc5ccc(C)[nH]5)cc4)c(-c4ccc(N=Cc5ccc(C)[nH]5)cc4)cc3-c3ccc(N=Cc4ccc(C)[nH]4)cc3)cc2)[nH]1. The number of aromatic amines is 4. The number of benzene rings is 5. The van der Waals surface area contributed by atoms with Gasteiger partial charge >= 0.3 is 0 Å². The van der Waals surface area contributed by atoms with E-state index in [1.165, 1.54) is 0 Å². The molecular formula is C54H46N8. The molecule has 0 fully saturated rings. The van der Waals surface area contributed by atoms with Gasteiger partial charge in [-0.25, -0.2) is 0 Å². The molecule has 8 nitrogen and oxygen atoms in total. The van der Waals surface area contributed by atoms with Gasteiger partial charge < -0.3 is 19.9 Å². The maximum Gasteiger partial charge on any atom is 0.0630 e. The maximum atomic E-state index is 4.76. The summed E-state index contributed by atoms with van der Waals surface area (Å²) in [5.41, 5.74) is 20.5. The largest absolute Gasteiger partial charge is 0.358 e. The molecule has 0 spiro atoms. The van der Waals surface area contributed by atoms with Crippen molar-refractivity contribution in [1.82, 2.24) is 19.9 Å². The van der Waals surface area contributed by atoms with Gasteiger partial charge in [-0.05, 0) is 181 Å². The molecule has 4 heterocycles. The second kappa shape index (κ2) is 17.6. The van der Waals surface area contributed by atoms with Crippen molar-refractivity contribution in [3.8, 4) is 44.5 Å². The van der Waals surface area contributed by atoms with Gasteiger partial charge in [0, 0.05) is 22.8 Å². The topological polar surface area (TPSA) is 113 Å². The molecule has 5 aromatic carbocycles. The molecule has 0 amide bonds. The van der Waals surface area contributed by atoms with Crippen molar-refractivity contribution in [1.29, 1.82) is 0 Å². The molecular weight excluding hydrogens is 761 g/mol. The normalized spacial score (nSPS) is 11.9. The molecule has 0 atom stereocenters. The molecule has 0 aliphatic heterocycles. The van der Waals surface area contributed by atoms with Crippen LogP contribution in [0.5, 0.6) is 0 Å². The molecule has 302 valence electrons. The molecule has 9 aromatic rings. The lowest BCUT2D eigenvalue weighted by Gasteiger charge is -2.19. The Morgan fingerprint density at radius 3 is 0.661 bits per heavy atom. The third kappa shape index (κ3) is 9.35. The molecule has 0 aliphatic carbocycles. The zero-order chi connectivity index (χ0) is 42.4. The minimum Gasteiger partial charge on any atom is -0.358 e. The van der Waals surface area contributed by atoms with Gasteiger partial charge in [0.2, 0.25) is 0 Å². The second-order valence-electron chi connectivity index (χ2n) is 15.6. The van der Waals surface area contributed by atoms with E-state index in [0.29, 0.717) is 0 Å². The Labute approximate surface area is 361 Å². The predicted molar refractivity (Wildman–Crippen MR) is 259 cm³/mol. The number of H-pyrrole nitrogens is 4. The standard InChI is InChI=1S/C54H46N8/c1-35-5-17-47(59-35)31-55-43-21-9-39(10-22-43)51-29-53(41-13-25-45(26-14-41)57-33-49-19-7-37(3)61-49)54(42-15-27-46(28-16-42)58-34-50-20-8-38(4)62-50)30-52(51)40-11-23-44(24-12-40)56-32-48-18-6-36(2)60-48/h5-34,59-62H,1-4H3. The molecule has 0 saturated carbocycles. The van der Waals surface area contributed by atoms with E-state index in [-0.39, 0.29) is 0 Å². The number of aromatic nitrogens is 4. The molecule has 0 radical (unpaired) electrons. The van der Waals surface area contributed by atoms with Gasteiger partial charge in [-0.3, -0.25) is 20.0 Å². The van der Waals surface area contributed by atoms with Crippen LogP contribution in [-0.4, -0.2) is 44.8 Å². The van der Waals surface area contributed by atoms with Gasteiger partial charge in [-0.2, -0.15) is 0 Å². The van der Waals surface area contributed by atoms with E-state index >= 15 is 0 Å². The number of hydrogen-bond acceptors (Lipinski definition) is 4. The highest BCUT2D eigenvalue weighted by Gasteiger charge is 2.17. The van der Waals surface area contributed by atoms with Crippen LogP contribution in [0.3, 0.4) is 0 Å². The average molecular weight is 807 g/mol. The van der Waals surface area contributed by atoms with Crippen molar-refractivity contribution in [3.63, 3.8) is 0 Å². The number of aryl methyl sites for hydroxylation is 4. The third-order valence-corrected chi connectivity index (χ3v) is 10.7. The molecule has 9 rings (SSSR count). The van der Waals surface area contributed by atoms with E-state index < -0.39 is 0 Å². The Morgan fingerprint density at radius 1 is 0.274 bits per heavy atom. The first kappa shape index (κ1) is 39.4. The molecule has 62 heavy (non-hydrogen) atoms. The van der Waals surface area contributed by atoms with Crippen molar-refractivity contribution in [2.75, 3.05) is 0 Å². The summed E-state index contributed by atoms with van der Waals surface area (Å²) in [6.45, 7) is 8.16. The summed E-state index contributed by atoms with van der Waals surface area (Å²) >= 11 is 0. The first-order valence-electron chi connectivity index (χ1n) is 20.7. The van der Waals surface area contributed by atoms with Gasteiger partial charge in [-0.15, -0.1) is 0 Å². The number of nitrogens with zero attached hydrogens (tertiary/aromatic N) is 4. The van der Waals surface area contributed by atoms with Gasteiger partial charge in [-0.1, -0.05) is 48.5 Å². The van der Waals surface area contributed by atoms with Crippen LogP contribution in [0.2, 0.25) is 0 Å². The first-order chi connectivity index (χ1) is 30.3. The zero-order valence-electron chi connectivity index (χ0n) is 35.1. The Hall–Kier alpha value is -8.10. The van der Waals surface area contributed by atoms with Crippen molar-refractivity contribution >= 4 is 47.6 Å². The summed E-state index contributed by atoms with van der Waals surface area (Å²) in [6.07, 6.45) is 7.47. The van der Waals surface area contributed by atoms with Crippen LogP contribution in [0.25, 0.3) is 44.5 Å². The number of hydrogen-bond donors (Lipinski definition) is 4. The fraction of sp³-hybridized carbons (Fsp3) is 0.0741. The summed E-state index contributed by atoms with van der Waals surface area (Å²) in [7, 11) is 0. The lowest BCUT2D eigenvalue weighted by Crippen LogP contribution is -1.92. The van der Waals surface area contributed by atoms with E-state index in [1.807, 2.05) is 101 Å². The lowest BCUT2D eigenvalue weighted by molar-refractivity contribution is 1.25. The van der Waals surface area contributed by atoms with E-state index in [4.69, 9.17) is 20.0 Å². The summed E-state index contributed by atoms with van der Waals surface area (Å²) in [5.74, 6) is 0. The number of nitrogens with one attached hydrogen (secondary N) is 4. The lowest BCUT2D eigenvalue weighted by atomic mass is 9.85. The molecule has 0 unspecified atom stereocenters. The van der Waals surface area contributed by atoms with Crippen LogP contribution in [0.4, 0.5) is 22.7 Å². The number of rotatable bonds is 12. The van der Waals surface area contributed by atoms with Crippen LogP contribution < -0.4 is 0 Å². The number of aliphatic imine (C=N–C) groups is 4. The van der Waals surface area contributed by atoms with Gasteiger partial charge in [0.1, 0.15) is 0 Å². The highest BCUT2D eigenvalue weighted by molar-refractivity contribution is 5.96. The minimum atomic E-state index is 0.874. The molecule has 8 heteroatoms. The van der Waals surface area contributed by atoms with Gasteiger partial charge in [0.05, 0.1) is 70.4 Å². The fourth-order valence-corrected chi connectivity index (χ4v) is 7.44. The van der Waals surface area contributed by atoms with Crippen LogP contribution in [0.1, 0.15) is 45.6 Å². The molecule has 0 bridgehead atoms. The highest BCUT2D eigenvalue weighted by atomic mass is 14.8. The van der Waals surface area contributed by atoms with E-state index in [9.17, 15) is 0 Å². The molecule has 0 saturated heterocycles. The summed E-state index contributed by atoms with van der Waals surface area (Å²) < 4.78 is 0. The van der Waals surface area contributed by atoms with Crippen LogP contribution >= 0.6 is 0 Å². The van der Waals surface area contributed by atoms with Crippen molar-refractivity contribution in [3.05, 3.63) is 203 Å². The predicted octanol–water partition coefficient (Wildman–Crippen LogP) is 13.9.